The largest absolute Gasteiger partial charge is 0.504 e. The number of ketones is 1. The molecule has 2 aromatic rings. The third-order valence-corrected chi connectivity index (χ3v) is 5.24. The van der Waals surface area contributed by atoms with Crippen LogP contribution in [0.4, 0.5) is 0 Å². The SMILES string of the molecule is COc1cc([C@H]2C(C(=O)c3ccco3)=C(O)C(=O)N2C[C@@H]2CCCO2)ccc1O. The first kappa shape index (κ1) is 19.1. The third kappa shape index (κ3) is 3.36. The molecule has 8 heteroatoms. The van der Waals surface area contributed by atoms with Crippen molar-refractivity contribution in [2.45, 2.75) is 25.0 Å². The van der Waals surface area contributed by atoms with Crippen molar-refractivity contribution in [1.29, 1.82) is 0 Å². The zero-order valence-corrected chi connectivity index (χ0v) is 15.8. The van der Waals surface area contributed by atoms with Gasteiger partial charge in [0.2, 0.25) is 5.78 Å². The summed E-state index contributed by atoms with van der Waals surface area (Å²) in [6.45, 7) is 0.841. The Kier molecular flexibility index (Phi) is 5.02. The molecule has 8 nitrogen and oxygen atoms in total. The highest BCUT2D eigenvalue weighted by Gasteiger charge is 2.45. The van der Waals surface area contributed by atoms with Gasteiger partial charge in [-0.3, -0.25) is 9.59 Å². The Morgan fingerprint density at radius 3 is 2.79 bits per heavy atom. The van der Waals surface area contributed by atoms with E-state index in [9.17, 15) is 19.8 Å². The van der Waals surface area contributed by atoms with Crippen molar-refractivity contribution in [3.63, 3.8) is 0 Å². The Morgan fingerprint density at radius 2 is 2.14 bits per heavy atom. The number of rotatable bonds is 6. The molecule has 4 rings (SSSR count). The predicted octanol–water partition coefficient (Wildman–Crippen LogP) is 2.75. The Bertz CT molecular complexity index is 957. The number of benzene rings is 1. The second-order valence-electron chi connectivity index (χ2n) is 7.00. The van der Waals surface area contributed by atoms with E-state index in [-0.39, 0.29) is 35.5 Å². The molecule has 2 aliphatic heterocycles. The van der Waals surface area contributed by atoms with Gasteiger partial charge in [0.1, 0.15) is 0 Å². The molecular weight excluding hydrogens is 378 g/mol. The van der Waals surface area contributed by atoms with Gasteiger partial charge in [0.15, 0.2) is 23.0 Å². The Balaban J connectivity index is 1.78. The molecule has 2 N–H and O–H groups in total. The number of methoxy groups -OCH3 is 1. The summed E-state index contributed by atoms with van der Waals surface area (Å²) in [4.78, 5) is 27.4. The minimum absolute atomic E-state index is 0.0223. The van der Waals surface area contributed by atoms with Gasteiger partial charge in [0.25, 0.3) is 5.91 Å². The maximum atomic E-state index is 13.0. The summed E-state index contributed by atoms with van der Waals surface area (Å²) in [5.41, 5.74) is 0.445. The number of hydrogen-bond donors (Lipinski definition) is 2. The molecule has 152 valence electrons. The highest BCUT2D eigenvalue weighted by molar-refractivity contribution is 6.15. The molecule has 0 bridgehead atoms. The topological polar surface area (TPSA) is 109 Å². The van der Waals surface area contributed by atoms with Gasteiger partial charge in [-0.1, -0.05) is 6.07 Å². The fourth-order valence-electron chi connectivity index (χ4n) is 3.83. The number of furan rings is 1. The van der Waals surface area contributed by atoms with Crippen molar-refractivity contribution in [3.8, 4) is 11.5 Å². The quantitative estimate of drug-likeness (QED) is 0.719. The van der Waals surface area contributed by atoms with Gasteiger partial charge < -0.3 is 29.0 Å². The number of amides is 1. The smallest absolute Gasteiger partial charge is 0.290 e. The average Bonchev–Trinajstić information content (AvgIpc) is 3.47. The number of aliphatic hydroxyl groups excluding tert-OH is 1. The number of ether oxygens (including phenoxy) is 2. The van der Waals surface area contributed by atoms with Crippen molar-refractivity contribution >= 4 is 11.7 Å². The van der Waals surface area contributed by atoms with Gasteiger partial charge in [-0.05, 0) is 42.7 Å². The molecule has 2 aliphatic rings. The van der Waals surface area contributed by atoms with Gasteiger partial charge in [0.05, 0.1) is 31.1 Å². The van der Waals surface area contributed by atoms with E-state index in [4.69, 9.17) is 13.9 Å². The average molecular weight is 399 g/mol. The van der Waals surface area contributed by atoms with E-state index in [0.29, 0.717) is 12.2 Å². The second-order valence-corrected chi connectivity index (χ2v) is 7.00. The minimum atomic E-state index is -0.862. The zero-order chi connectivity index (χ0) is 20.5. The second kappa shape index (κ2) is 7.63. The number of carbonyl (C=O) groups excluding carboxylic acids is 2. The van der Waals surface area contributed by atoms with Gasteiger partial charge in [0, 0.05) is 13.2 Å². The molecule has 1 amide bonds. The number of nitrogens with zero attached hydrogens (tertiary/aromatic N) is 1. The van der Waals surface area contributed by atoms with E-state index >= 15 is 0 Å². The number of aromatic hydroxyl groups is 1. The highest BCUT2D eigenvalue weighted by atomic mass is 16.5. The highest BCUT2D eigenvalue weighted by Crippen LogP contribution is 2.42. The summed E-state index contributed by atoms with van der Waals surface area (Å²) < 4.78 is 16.0. The van der Waals surface area contributed by atoms with Gasteiger partial charge in [-0.25, -0.2) is 0 Å². The van der Waals surface area contributed by atoms with Crippen LogP contribution in [0.25, 0.3) is 0 Å². The van der Waals surface area contributed by atoms with E-state index in [2.05, 4.69) is 0 Å². The predicted molar refractivity (Wildman–Crippen MR) is 101 cm³/mol. The Hall–Kier alpha value is -3.26. The fraction of sp³-hybridized carbons (Fsp3) is 0.333. The molecule has 29 heavy (non-hydrogen) atoms. The van der Waals surface area contributed by atoms with E-state index in [1.54, 1.807) is 18.2 Å². The Labute approximate surface area is 166 Å². The molecule has 1 aromatic heterocycles. The first-order valence-electron chi connectivity index (χ1n) is 9.32. The maximum Gasteiger partial charge on any atom is 0.290 e. The van der Waals surface area contributed by atoms with E-state index in [1.807, 2.05) is 0 Å². The molecule has 0 saturated carbocycles. The van der Waals surface area contributed by atoms with Crippen LogP contribution in [0.15, 0.2) is 52.3 Å². The van der Waals surface area contributed by atoms with E-state index in [1.165, 1.54) is 30.4 Å². The summed E-state index contributed by atoms with van der Waals surface area (Å²) in [6, 6.07) is 6.73. The number of phenols is 1. The van der Waals surface area contributed by atoms with Crippen molar-refractivity contribution in [3.05, 3.63) is 59.3 Å². The normalized spacial score (nSPS) is 21.8. The summed E-state index contributed by atoms with van der Waals surface area (Å²) >= 11 is 0. The van der Waals surface area contributed by atoms with Gasteiger partial charge in [-0.15, -0.1) is 0 Å². The van der Waals surface area contributed by atoms with E-state index in [0.717, 1.165) is 12.8 Å². The van der Waals surface area contributed by atoms with Crippen molar-refractivity contribution in [1.82, 2.24) is 4.90 Å². The molecule has 1 saturated heterocycles. The Morgan fingerprint density at radius 1 is 1.31 bits per heavy atom. The third-order valence-electron chi connectivity index (χ3n) is 5.24. The molecule has 1 aromatic carbocycles. The summed E-state index contributed by atoms with van der Waals surface area (Å²) in [5, 5.41) is 20.5. The minimum Gasteiger partial charge on any atom is -0.504 e. The van der Waals surface area contributed by atoms with Crippen molar-refractivity contribution in [2.24, 2.45) is 0 Å². The van der Waals surface area contributed by atoms with Crippen LogP contribution in [-0.4, -0.2) is 53.2 Å². The number of hydrogen-bond acceptors (Lipinski definition) is 7. The number of aliphatic hydroxyl groups is 1. The van der Waals surface area contributed by atoms with Crippen LogP contribution in [0.1, 0.15) is 35.0 Å². The lowest BCUT2D eigenvalue weighted by atomic mass is 9.94. The summed E-state index contributed by atoms with van der Waals surface area (Å²) in [6.07, 6.45) is 2.86. The van der Waals surface area contributed by atoms with Crippen molar-refractivity contribution < 1.29 is 33.7 Å². The first-order chi connectivity index (χ1) is 14.0. The molecule has 0 radical (unpaired) electrons. The lowest BCUT2D eigenvalue weighted by Crippen LogP contribution is -2.37. The summed E-state index contributed by atoms with van der Waals surface area (Å²) in [7, 11) is 1.41. The van der Waals surface area contributed by atoms with Crippen LogP contribution < -0.4 is 4.74 Å². The van der Waals surface area contributed by atoms with Crippen molar-refractivity contribution in [2.75, 3.05) is 20.3 Å². The number of carbonyl (C=O) groups is 2. The fourth-order valence-corrected chi connectivity index (χ4v) is 3.83. The van der Waals surface area contributed by atoms with E-state index < -0.39 is 23.5 Å². The van der Waals surface area contributed by atoms with Crippen LogP contribution in [0.2, 0.25) is 0 Å². The molecular formula is C21H21NO7. The number of Topliss-reactive ketones (excluding diaryl/α,β-unsaturated/α-hetero) is 1. The van der Waals surface area contributed by atoms with Crippen LogP contribution in [0.3, 0.4) is 0 Å². The van der Waals surface area contributed by atoms with Crippen LogP contribution in [-0.2, 0) is 9.53 Å². The van der Waals surface area contributed by atoms with Gasteiger partial charge >= 0.3 is 0 Å². The van der Waals surface area contributed by atoms with Crippen LogP contribution in [0, 0.1) is 0 Å². The first-order valence-corrected chi connectivity index (χ1v) is 9.32. The monoisotopic (exact) mass is 399 g/mol. The molecule has 2 atom stereocenters. The lowest BCUT2D eigenvalue weighted by molar-refractivity contribution is -0.131. The molecule has 3 heterocycles. The lowest BCUT2D eigenvalue weighted by Gasteiger charge is -2.29. The van der Waals surface area contributed by atoms with Crippen LogP contribution >= 0.6 is 0 Å². The molecule has 1 fully saturated rings. The van der Waals surface area contributed by atoms with Gasteiger partial charge in [-0.2, -0.15) is 0 Å². The molecule has 0 aliphatic carbocycles. The summed E-state index contributed by atoms with van der Waals surface area (Å²) in [5.74, 6) is -1.68. The maximum absolute atomic E-state index is 13.0. The van der Waals surface area contributed by atoms with Crippen LogP contribution in [0.5, 0.6) is 11.5 Å². The standard InChI is InChI=1S/C21H21NO7/c1-27-16-10-12(6-7-14(16)23)18-17(19(24)15-5-3-9-29-15)20(25)21(26)22(18)11-13-4-2-8-28-13/h3,5-7,9-10,13,18,23,25H,2,4,8,11H2,1H3/t13-,18-/m0/s1. The molecule has 0 spiro atoms. The zero-order valence-electron chi connectivity index (χ0n) is 15.8. The number of phenolic OH excluding ortho intramolecular Hbond substituents is 1. The molecule has 0 unspecified atom stereocenters.